The van der Waals surface area contributed by atoms with Gasteiger partial charge in [-0.3, -0.25) is 0 Å². The lowest BCUT2D eigenvalue weighted by Crippen LogP contribution is -2.51. The molecule has 1 aromatic heterocycles. The Hall–Kier alpha value is -1.92. The molecule has 0 saturated carbocycles. The van der Waals surface area contributed by atoms with Crippen molar-refractivity contribution in [3.63, 3.8) is 0 Å². The first kappa shape index (κ1) is 15.0. The van der Waals surface area contributed by atoms with Crippen LogP contribution in [0.4, 0.5) is 15.9 Å². The number of nitrogens with zero attached hydrogens (tertiary/aromatic N) is 2. The van der Waals surface area contributed by atoms with Gasteiger partial charge in [0.1, 0.15) is 11.6 Å². The average Bonchev–Trinajstić information content (AvgIpc) is 2.44. The lowest BCUT2D eigenvalue weighted by atomic mass is 10.1. The Balaban J connectivity index is 1.76. The average molecular weight is 322 g/mol. The first-order valence-electron chi connectivity index (χ1n) is 7.11. The maximum atomic E-state index is 13.9. The zero-order valence-electron chi connectivity index (χ0n) is 12.2. The first-order valence-corrected chi connectivity index (χ1v) is 7.49. The number of aromatic nitrogens is 2. The van der Waals surface area contributed by atoms with Gasteiger partial charge in [-0.2, -0.15) is 0 Å². The van der Waals surface area contributed by atoms with Crippen LogP contribution in [0, 0.1) is 12.7 Å². The van der Waals surface area contributed by atoms with E-state index in [-0.39, 0.29) is 11.1 Å². The zero-order chi connectivity index (χ0) is 15.5. The van der Waals surface area contributed by atoms with Gasteiger partial charge in [0.15, 0.2) is 0 Å². The molecule has 0 radical (unpaired) electrons. The van der Waals surface area contributed by atoms with Gasteiger partial charge in [-0.15, -0.1) is 0 Å². The molecule has 7 heteroatoms. The van der Waals surface area contributed by atoms with Crippen LogP contribution in [-0.2, 0) is 6.54 Å². The minimum Gasteiger partial charge on any atom is -0.378 e. The maximum Gasteiger partial charge on any atom is 0.224 e. The molecule has 0 aliphatic carbocycles. The molecule has 2 aromatic rings. The van der Waals surface area contributed by atoms with Crippen molar-refractivity contribution in [3.05, 3.63) is 46.6 Å². The van der Waals surface area contributed by atoms with Crippen molar-refractivity contribution in [1.29, 1.82) is 0 Å². The van der Waals surface area contributed by atoms with Crippen molar-refractivity contribution in [3.8, 4) is 0 Å². The van der Waals surface area contributed by atoms with Crippen LogP contribution < -0.4 is 16.0 Å². The van der Waals surface area contributed by atoms with E-state index in [2.05, 4.69) is 25.9 Å². The van der Waals surface area contributed by atoms with Crippen molar-refractivity contribution in [1.82, 2.24) is 15.3 Å². The van der Waals surface area contributed by atoms with E-state index in [1.165, 1.54) is 6.07 Å². The first-order chi connectivity index (χ1) is 10.6. The molecule has 0 amide bonds. The Kier molecular flexibility index (Phi) is 4.40. The van der Waals surface area contributed by atoms with Gasteiger partial charge in [0, 0.05) is 31.4 Å². The summed E-state index contributed by atoms with van der Waals surface area (Å²) in [7, 11) is 0. The van der Waals surface area contributed by atoms with E-state index < -0.39 is 0 Å². The smallest absolute Gasteiger partial charge is 0.224 e. The van der Waals surface area contributed by atoms with Gasteiger partial charge < -0.3 is 16.0 Å². The number of hydrogen-bond acceptors (Lipinski definition) is 5. The summed E-state index contributed by atoms with van der Waals surface area (Å²) in [6.07, 6.45) is 1.66. The molecule has 22 heavy (non-hydrogen) atoms. The second-order valence-corrected chi connectivity index (χ2v) is 5.64. The maximum absolute atomic E-state index is 13.9. The molecule has 0 spiro atoms. The molecule has 0 atom stereocenters. The van der Waals surface area contributed by atoms with Crippen LogP contribution in [0.3, 0.4) is 0 Å². The van der Waals surface area contributed by atoms with E-state index in [4.69, 9.17) is 11.6 Å². The molecule has 1 aliphatic rings. The van der Waals surface area contributed by atoms with Gasteiger partial charge in [0.2, 0.25) is 5.28 Å². The number of nitrogens with one attached hydrogen (secondary N) is 3. The molecule has 1 aliphatic heterocycles. The zero-order valence-corrected chi connectivity index (χ0v) is 12.9. The van der Waals surface area contributed by atoms with E-state index in [9.17, 15) is 4.39 Å². The number of para-hydroxylation sites is 1. The van der Waals surface area contributed by atoms with Crippen LogP contribution in [0.5, 0.6) is 0 Å². The predicted octanol–water partition coefficient (Wildman–Crippen LogP) is 2.57. The van der Waals surface area contributed by atoms with Crippen LogP contribution in [-0.4, -0.2) is 29.1 Å². The third kappa shape index (κ3) is 3.28. The normalized spacial score (nSPS) is 14.5. The summed E-state index contributed by atoms with van der Waals surface area (Å²) < 4.78 is 13.9. The molecule has 0 unspecified atom stereocenters. The summed E-state index contributed by atoms with van der Waals surface area (Å²) in [6, 6.07) is 5.33. The highest BCUT2D eigenvalue weighted by Crippen LogP contribution is 2.22. The Labute approximate surface area is 133 Å². The highest BCUT2D eigenvalue weighted by atomic mass is 35.5. The van der Waals surface area contributed by atoms with E-state index in [0.717, 1.165) is 24.2 Å². The predicted molar refractivity (Wildman–Crippen MR) is 85.8 cm³/mol. The second kappa shape index (κ2) is 6.46. The Morgan fingerprint density at radius 2 is 2.23 bits per heavy atom. The van der Waals surface area contributed by atoms with Gasteiger partial charge in [0.05, 0.1) is 11.7 Å². The van der Waals surface area contributed by atoms with Crippen molar-refractivity contribution in [2.75, 3.05) is 23.7 Å². The van der Waals surface area contributed by atoms with Gasteiger partial charge in [-0.25, -0.2) is 14.4 Å². The molecule has 2 heterocycles. The van der Waals surface area contributed by atoms with Gasteiger partial charge in [0.25, 0.3) is 0 Å². The van der Waals surface area contributed by atoms with Crippen LogP contribution in [0.1, 0.15) is 11.1 Å². The number of anilines is 2. The van der Waals surface area contributed by atoms with Gasteiger partial charge in [-0.1, -0.05) is 12.1 Å². The molecule has 3 rings (SSSR count). The largest absolute Gasteiger partial charge is 0.378 e. The Bertz CT molecular complexity index is 655. The Morgan fingerprint density at radius 1 is 1.41 bits per heavy atom. The summed E-state index contributed by atoms with van der Waals surface area (Å²) in [4.78, 5) is 8.25. The molecule has 116 valence electrons. The van der Waals surface area contributed by atoms with Gasteiger partial charge >= 0.3 is 0 Å². The van der Waals surface area contributed by atoms with Crippen LogP contribution in [0.2, 0.25) is 5.28 Å². The van der Waals surface area contributed by atoms with Crippen LogP contribution in [0.25, 0.3) is 0 Å². The fraction of sp³-hybridized carbons (Fsp3) is 0.333. The van der Waals surface area contributed by atoms with E-state index in [1.807, 2.05) is 13.0 Å². The second-order valence-electron chi connectivity index (χ2n) is 5.30. The summed E-state index contributed by atoms with van der Waals surface area (Å²) in [6.45, 7) is 4.06. The van der Waals surface area contributed by atoms with Crippen molar-refractivity contribution >= 4 is 23.1 Å². The summed E-state index contributed by atoms with van der Waals surface area (Å²) in [5, 5.41) is 9.81. The quantitative estimate of drug-likeness (QED) is 0.739. The fourth-order valence-corrected chi connectivity index (χ4v) is 2.40. The minimum absolute atomic E-state index is 0.195. The molecule has 5 nitrogen and oxygen atoms in total. The van der Waals surface area contributed by atoms with Gasteiger partial charge in [-0.05, 0) is 30.2 Å². The Morgan fingerprint density at radius 3 is 2.91 bits per heavy atom. The third-order valence-electron chi connectivity index (χ3n) is 3.64. The molecule has 3 N–H and O–H groups in total. The van der Waals surface area contributed by atoms with E-state index >= 15 is 0 Å². The standard InChI is InChI=1S/C15H17ClFN5/c1-9-3-2-4-12(17)13(9)19-5-10-6-20-15(16)22-14(10)21-11-7-18-8-11/h2-4,6,11,18-19H,5,7-8H2,1H3,(H,20,21,22). The van der Waals surface area contributed by atoms with E-state index in [1.54, 1.807) is 12.3 Å². The topological polar surface area (TPSA) is 61.9 Å². The molecule has 1 saturated heterocycles. The molecule has 1 aromatic carbocycles. The lowest BCUT2D eigenvalue weighted by molar-refractivity contribution is 0.470. The summed E-state index contributed by atoms with van der Waals surface area (Å²) in [5.41, 5.74) is 2.19. The molecule has 1 fully saturated rings. The SMILES string of the molecule is Cc1cccc(F)c1NCc1cnc(Cl)nc1NC1CNC1. The fourth-order valence-electron chi connectivity index (χ4n) is 2.26. The lowest BCUT2D eigenvalue weighted by Gasteiger charge is -2.29. The number of benzene rings is 1. The number of aryl methyl sites for hydroxylation is 1. The summed E-state index contributed by atoms with van der Waals surface area (Å²) >= 11 is 5.87. The molecule has 0 bridgehead atoms. The molecular weight excluding hydrogens is 305 g/mol. The van der Waals surface area contributed by atoms with E-state index in [0.29, 0.717) is 24.1 Å². The highest BCUT2D eigenvalue weighted by Gasteiger charge is 2.19. The minimum atomic E-state index is -0.271. The van der Waals surface area contributed by atoms with Crippen molar-refractivity contribution in [2.45, 2.75) is 19.5 Å². The monoisotopic (exact) mass is 321 g/mol. The van der Waals surface area contributed by atoms with Crippen molar-refractivity contribution < 1.29 is 4.39 Å². The van der Waals surface area contributed by atoms with Crippen LogP contribution >= 0.6 is 11.6 Å². The van der Waals surface area contributed by atoms with Crippen LogP contribution in [0.15, 0.2) is 24.4 Å². The molecular formula is C15H17ClFN5. The number of hydrogen-bond donors (Lipinski definition) is 3. The number of halogens is 2. The van der Waals surface area contributed by atoms with Crippen molar-refractivity contribution in [2.24, 2.45) is 0 Å². The third-order valence-corrected chi connectivity index (χ3v) is 3.82. The number of rotatable bonds is 5. The highest BCUT2D eigenvalue weighted by molar-refractivity contribution is 6.28. The summed E-state index contributed by atoms with van der Waals surface area (Å²) in [5.74, 6) is 0.417.